The standard InChI is InChI=1S/C15H17N3O3/c16-14(20)12-4-1-7-18(10-12)15(21)13-6-5-11(9-17-13)3-2-8-19/h5-6,9,12,19H,1,4,7-8,10H2,(H2,16,20). The zero-order chi connectivity index (χ0) is 15.2. The molecular formula is C15H17N3O3. The van der Waals surface area contributed by atoms with Crippen LogP contribution in [0.2, 0.25) is 0 Å². The van der Waals surface area contributed by atoms with Gasteiger partial charge in [-0.05, 0) is 25.0 Å². The minimum absolute atomic E-state index is 0.206. The molecule has 1 aliphatic heterocycles. The molecule has 110 valence electrons. The molecule has 2 rings (SSSR count). The summed E-state index contributed by atoms with van der Waals surface area (Å²) >= 11 is 0. The zero-order valence-corrected chi connectivity index (χ0v) is 11.6. The predicted octanol–water partition coefficient (Wildman–Crippen LogP) is -0.237. The molecule has 0 saturated carbocycles. The molecule has 1 aliphatic rings. The maximum absolute atomic E-state index is 12.3. The zero-order valence-electron chi connectivity index (χ0n) is 11.6. The number of carbonyl (C=O) groups excluding carboxylic acids is 2. The molecule has 21 heavy (non-hydrogen) atoms. The van der Waals surface area contributed by atoms with Crippen LogP contribution in [0.25, 0.3) is 0 Å². The fourth-order valence-corrected chi connectivity index (χ4v) is 2.29. The van der Waals surface area contributed by atoms with Crippen LogP contribution in [0.4, 0.5) is 0 Å². The Bertz CT molecular complexity index is 586. The van der Waals surface area contributed by atoms with E-state index in [-0.39, 0.29) is 24.3 Å². The highest BCUT2D eigenvalue weighted by molar-refractivity contribution is 5.92. The fraction of sp³-hybridized carbons (Fsp3) is 0.400. The van der Waals surface area contributed by atoms with Crippen molar-refractivity contribution in [2.24, 2.45) is 11.7 Å². The Labute approximate surface area is 123 Å². The minimum atomic E-state index is -0.366. The fourth-order valence-electron chi connectivity index (χ4n) is 2.29. The Hall–Kier alpha value is -2.39. The Morgan fingerprint density at radius 2 is 2.29 bits per heavy atom. The molecule has 1 unspecified atom stereocenters. The molecule has 3 N–H and O–H groups in total. The van der Waals surface area contributed by atoms with Crippen LogP contribution in [-0.4, -0.2) is 46.5 Å². The summed E-state index contributed by atoms with van der Waals surface area (Å²) in [7, 11) is 0. The number of primary amides is 1. The van der Waals surface area contributed by atoms with Crippen LogP contribution in [0.5, 0.6) is 0 Å². The number of rotatable bonds is 2. The largest absolute Gasteiger partial charge is 0.384 e. The summed E-state index contributed by atoms with van der Waals surface area (Å²) in [4.78, 5) is 29.3. The van der Waals surface area contributed by atoms with Crippen LogP contribution < -0.4 is 5.73 Å². The molecule has 6 nitrogen and oxygen atoms in total. The number of hydrogen-bond acceptors (Lipinski definition) is 4. The molecular weight excluding hydrogens is 270 g/mol. The average molecular weight is 287 g/mol. The number of carbonyl (C=O) groups is 2. The van der Waals surface area contributed by atoms with E-state index in [1.807, 2.05) is 0 Å². The molecule has 2 heterocycles. The molecule has 1 atom stereocenters. The molecule has 0 bridgehead atoms. The maximum Gasteiger partial charge on any atom is 0.272 e. The van der Waals surface area contributed by atoms with Crippen molar-refractivity contribution in [1.29, 1.82) is 0 Å². The van der Waals surface area contributed by atoms with Crippen molar-refractivity contribution in [3.05, 3.63) is 29.6 Å². The van der Waals surface area contributed by atoms with Gasteiger partial charge in [-0.25, -0.2) is 4.98 Å². The molecule has 2 amide bonds. The second-order valence-electron chi connectivity index (χ2n) is 4.88. The highest BCUT2D eigenvalue weighted by Gasteiger charge is 2.27. The van der Waals surface area contributed by atoms with Gasteiger partial charge in [-0.2, -0.15) is 0 Å². The third kappa shape index (κ3) is 3.80. The molecule has 0 aromatic carbocycles. The van der Waals surface area contributed by atoms with Gasteiger partial charge in [0.15, 0.2) is 0 Å². The summed E-state index contributed by atoms with van der Waals surface area (Å²) in [5, 5.41) is 8.62. The highest BCUT2D eigenvalue weighted by Crippen LogP contribution is 2.17. The summed E-state index contributed by atoms with van der Waals surface area (Å²) in [5.41, 5.74) is 6.25. The number of aromatic nitrogens is 1. The van der Waals surface area contributed by atoms with Crippen molar-refractivity contribution in [3.8, 4) is 11.8 Å². The Balaban J connectivity index is 2.07. The smallest absolute Gasteiger partial charge is 0.272 e. The van der Waals surface area contributed by atoms with E-state index in [9.17, 15) is 9.59 Å². The first kappa shape index (κ1) is 15.0. The van der Waals surface area contributed by atoms with Crippen molar-refractivity contribution < 1.29 is 14.7 Å². The van der Waals surface area contributed by atoms with Gasteiger partial charge in [0.1, 0.15) is 12.3 Å². The van der Waals surface area contributed by atoms with Crippen LogP contribution in [-0.2, 0) is 4.79 Å². The second kappa shape index (κ2) is 6.86. The first-order valence-electron chi connectivity index (χ1n) is 6.76. The minimum Gasteiger partial charge on any atom is -0.384 e. The summed E-state index contributed by atoms with van der Waals surface area (Å²) < 4.78 is 0. The van der Waals surface area contributed by atoms with E-state index >= 15 is 0 Å². The van der Waals surface area contributed by atoms with Gasteiger partial charge in [-0.1, -0.05) is 11.8 Å². The SMILES string of the molecule is NC(=O)C1CCCN(C(=O)c2ccc(C#CCO)cn2)C1. The van der Waals surface area contributed by atoms with Crippen molar-refractivity contribution in [1.82, 2.24) is 9.88 Å². The number of piperidine rings is 1. The van der Waals surface area contributed by atoms with E-state index in [1.54, 1.807) is 17.0 Å². The summed E-state index contributed by atoms with van der Waals surface area (Å²) in [6.45, 7) is 0.737. The van der Waals surface area contributed by atoms with Crippen molar-refractivity contribution in [2.75, 3.05) is 19.7 Å². The Morgan fingerprint density at radius 3 is 2.90 bits per heavy atom. The van der Waals surface area contributed by atoms with Gasteiger partial charge in [-0.3, -0.25) is 9.59 Å². The lowest BCUT2D eigenvalue weighted by Gasteiger charge is -2.30. The van der Waals surface area contributed by atoms with Gasteiger partial charge >= 0.3 is 0 Å². The van der Waals surface area contributed by atoms with Gasteiger partial charge in [-0.15, -0.1) is 0 Å². The molecule has 0 aliphatic carbocycles. The topological polar surface area (TPSA) is 96.5 Å². The lowest BCUT2D eigenvalue weighted by molar-refractivity contribution is -0.123. The lowest BCUT2D eigenvalue weighted by atomic mass is 9.97. The number of hydrogen-bond donors (Lipinski definition) is 2. The molecule has 1 fully saturated rings. The van der Waals surface area contributed by atoms with E-state index in [0.29, 0.717) is 24.3 Å². The van der Waals surface area contributed by atoms with Gasteiger partial charge in [0.2, 0.25) is 5.91 Å². The number of nitrogens with zero attached hydrogens (tertiary/aromatic N) is 2. The van der Waals surface area contributed by atoms with Gasteiger partial charge < -0.3 is 15.7 Å². The number of nitrogens with two attached hydrogens (primary N) is 1. The first-order valence-corrected chi connectivity index (χ1v) is 6.76. The van der Waals surface area contributed by atoms with Crippen LogP contribution in [0.3, 0.4) is 0 Å². The monoisotopic (exact) mass is 287 g/mol. The predicted molar refractivity (Wildman–Crippen MR) is 76.0 cm³/mol. The Morgan fingerprint density at radius 1 is 1.48 bits per heavy atom. The molecule has 6 heteroatoms. The van der Waals surface area contributed by atoms with Gasteiger partial charge in [0, 0.05) is 24.8 Å². The highest BCUT2D eigenvalue weighted by atomic mass is 16.2. The van der Waals surface area contributed by atoms with E-state index in [0.717, 1.165) is 12.8 Å². The van der Waals surface area contributed by atoms with E-state index in [1.165, 1.54) is 6.20 Å². The number of likely N-dealkylation sites (tertiary alicyclic amines) is 1. The van der Waals surface area contributed by atoms with E-state index in [4.69, 9.17) is 10.8 Å². The van der Waals surface area contributed by atoms with Crippen LogP contribution >= 0.6 is 0 Å². The summed E-state index contributed by atoms with van der Waals surface area (Å²) in [5.74, 6) is 4.38. The maximum atomic E-state index is 12.3. The van der Waals surface area contributed by atoms with Gasteiger partial charge in [0.25, 0.3) is 5.91 Å². The Kier molecular flexibility index (Phi) is 4.90. The lowest BCUT2D eigenvalue weighted by Crippen LogP contribution is -2.44. The third-order valence-corrected chi connectivity index (χ3v) is 3.41. The number of aliphatic hydroxyl groups is 1. The van der Waals surface area contributed by atoms with E-state index in [2.05, 4.69) is 16.8 Å². The molecule has 1 saturated heterocycles. The van der Waals surface area contributed by atoms with Crippen molar-refractivity contribution >= 4 is 11.8 Å². The van der Waals surface area contributed by atoms with Crippen LogP contribution in [0.1, 0.15) is 28.9 Å². The van der Waals surface area contributed by atoms with Crippen LogP contribution in [0, 0.1) is 17.8 Å². The number of pyridine rings is 1. The normalized spacial score (nSPS) is 17.8. The molecule has 0 radical (unpaired) electrons. The third-order valence-electron chi connectivity index (χ3n) is 3.41. The number of amides is 2. The molecule has 1 aromatic rings. The summed E-state index contributed by atoms with van der Waals surface area (Å²) in [6, 6.07) is 3.27. The average Bonchev–Trinajstić information content (AvgIpc) is 2.53. The van der Waals surface area contributed by atoms with Crippen molar-refractivity contribution in [2.45, 2.75) is 12.8 Å². The molecule has 1 aromatic heterocycles. The second-order valence-corrected chi connectivity index (χ2v) is 4.88. The summed E-state index contributed by atoms with van der Waals surface area (Å²) in [6.07, 6.45) is 2.98. The molecule has 0 spiro atoms. The quantitative estimate of drug-likeness (QED) is 0.734. The number of aliphatic hydroxyl groups excluding tert-OH is 1. The van der Waals surface area contributed by atoms with Gasteiger partial charge in [0.05, 0.1) is 5.92 Å². The van der Waals surface area contributed by atoms with Crippen molar-refractivity contribution in [3.63, 3.8) is 0 Å². The first-order chi connectivity index (χ1) is 10.1. The van der Waals surface area contributed by atoms with E-state index < -0.39 is 0 Å². The van der Waals surface area contributed by atoms with Crippen LogP contribution in [0.15, 0.2) is 18.3 Å².